The number of nitrogens with zero attached hydrogens (tertiary/aromatic N) is 2. The molecule has 0 amide bonds. The first-order valence-electron chi connectivity index (χ1n) is 3.03. The first kappa shape index (κ1) is 8.77. The topological polar surface area (TPSA) is 51.8 Å². The number of hydrogen-bond donors (Lipinski definition) is 1. The molecule has 0 atom stereocenters. The Hall–Kier alpha value is -0.320. The first-order valence-corrected chi connectivity index (χ1v) is 4.64. The van der Waals surface area contributed by atoms with Crippen molar-refractivity contribution in [1.82, 2.24) is 9.97 Å². The van der Waals surface area contributed by atoms with Gasteiger partial charge in [-0.25, -0.2) is 9.97 Å². The highest BCUT2D eigenvalue weighted by atomic mass is 35.5. The molecule has 0 radical (unpaired) electrons. The van der Waals surface area contributed by atoms with Crippen LogP contribution in [0.2, 0.25) is 5.15 Å². The molecule has 1 heterocycles. The lowest BCUT2D eigenvalue weighted by atomic mass is 10.4. The molecule has 60 valence electrons. The molecule has 1 aromatic rings. The lowest BCUT2D eigenvalue weighted by Crippen LogP contribution is -2.01. The zero-order valence-corrected chi connectivity index (χ0v) is 7.61. The van der Waals surface area contributed by atoms with E-state index in [9.17, 15) is 0 Å². The van der Waals surface area contributed by atoms with E-state index < -0.39 is 0 Å². The van der Waals surface area contributed by atoms with Crippen molar-refractivity contribution in [2.24, 2.45) is 5.73 Å². The van der Waals surface area contributed by atoms with Crippen molar-refractivity contribution in [3.8, 4) is 0 Å². The van der Waals surface area contributed by atoms with Crippen molar-refractivity contribution in [3.05, 3.63) is 16.9 Å². The highest BCUT2D eigenvalue weighted by Crippen LogP contribution is 2.13. The largest absolute Gasteiger partial charge is 0.325 e. The van der Waals surface area contributed by atoms with E-state index in [0.29, 0.717) is 16.9 Å². The maximum Gasteiger partial charge on any atom is 0.188 e. The van der Waals surface area contributed by atoms with E-state index in [4.69, 9.17) is 17.3 Å². The molecule has 0 aliphatic rings. The van der Waals surface area contributed by atoms with Gasteiger partial charge in [0.15, 0.2) is 5.16 Å². The zero-order chi connectivity index (χ0) is 8.27. The number of rotatable bonds is 2. The molecule has 0 saturated carbocycles. The SMILES string of the molecule is CSc1nc(Cl)cc(CN)n1. The minimum Gasteiger partial charge on any atom is -0.325 e. The van der Waals surface area contributed by atoms with Gasteiger partial charge in [-0.2, -0.15) is 0 Å². The van der Waals surface area contributed by atoms with Crippen molar-refractivity contribution >= 4 is 23.4 Å². The molecule has 0 bridgehead atoms. The van der Waals surface area contributed by atoms with E-state index >= 15 is 0 Å². The fraction of sp³-hybridized carbons (Fsp3) is 0.333. The van der Waals surface area contributed by atoms with E-state index in [-0.39, 0.29) is 0 Å². The van der Waals surface area contributed by atoms with Crippen LogP contribution in [0, 0.1) is 0 Å². The minimum absolute atomic E-state index is 0.399. The average molecular weight is 190 g/mol. The smallest absolute Gasteiger partial charge is 0.188 e. The van der Waals surface area contributed by atoms with Gasteiger partial charge in [0.2, 0.25) is 0 Å². The summed E-state index contributed by atoms with van der Waals surface area (Å²) < 4.78 is 0. The number of aromatic nitrogens is 2. The van der Waals surface area contributed by atoms with Gasteiger partial charge in [0.1, 0.15) is 5.15 Å². The summed E-state index contributed by atoms with van der Waals surface area (Å²) in [7, 11) is 0. The van der Waals surface area contributed by atoms with Gasteiger partial charge < -0.3 is 5.73 Å². The van der Waals surface area contributed by atoms with Gasteiger partial charge in [-0.15, -0.1) is 0 Å². The fourth-order valence-electron chi connectivity index (χ4n) is 0.637. The van der Waals surface area contributed by atoms with Crippen molar-refractivity contribution in [3.63, 3.8) is 0 Å². The van der Waals surface area contributed by atoms with Crippen LogP contribution in [-0.2, 0) is 6.54 Å². The highest BCUT2D eigenvalue weighted by Gasteiger charge is 1.99. The van der Waals surface area contributed by atoms with Crippen molar-refractivity contribution < 1.29 is 0 Å². The molecular formula is C6H8ClN3S. The number of nitrogens with two attached hydrogens (primary N) is 1. The quantitative estimate of drug-likeness (QED) is 0.433. The number of hydrogen-bond acceptors (Lipinski definition) is 4. The summed E-state index contributed by atoms with van der Waals surface area (Å²) in [5.41, 5.74) is 6.16. The molecule has 5 heteroatoms. The molecule has 0 unspecified atom stereocenters. The third kappa shape index (κ3) is 2.32. The Bertz CT molecular complexity index is 231. The maximum atomic E-state index is 5.69. The minimum atomic E-state index is 0.399. The summed E-state index contributed by atoms with van der Waals surface area (Å²) >= 11 is 7.14. The Labute approximate surface area is 74.4 Å². The number of thioether (sulfide) groups is 1. The van der Waals surface area contributed by atoms with Crippen LogP contribution in [-0.4, -0.2) is 16.2 Å². The van der Waals surface area contributed by atoms with Crippen LogP contribution in [0.25, 0.3) is 0 Å². The molecule has 0 saturated heterocycles. The van der Waals surface area contributed by atoms with Crippen molar-refractivity contribution in [2.75, 3.05) is 6.26 Å². The second-order valence-electron chi connectivity index (χ2n) is 1.87. The van der Waals surface area contributed by atoms with Crippen molar-refractivity contribution in [2.45, 2.75) is 11.7 Å². The van der Waals surface area contributed by atoms with Crippen LogP contribution < -0.4 is 5.73 Å². The van der Waals surface area contributed by atoms with E-state index in [2.05, 4.69) is 9.97 Å². The average Bonchev–Trinajstić information content (AvgIpc) is 2.03. The van der Waals surface area contributed by atoms with Crippen LogP contribution in [0.15, 0.2) is 11.2 Å². The van der Waals surface area contributed by atoms with Gasteiger partial charge in [0, 0.05) is 6.54 Å². The molecule has 0 aliphatic heterocycles. The Morgan fingerprint density at radius 2 is 2.36 bits per heavy atom. The molecule has 0 aromatic carbocycles. The second-order valence-corrected chi connectivity index (χ2v) is 3.03. The monoisotopic (exact) mass is 189 g/mol. The standard InChI is InChI=1S/C6H8ClN3S/c1-11-6-9-4(3-8)2-5(7)10-6/h2H,3,8H2,1H3. The fourth-order valence-corrected chi connectivity index (χ4v) is 1.29. The van der Waals surface area contributed by atoms with E-state index in [1.165, 1.54) is 11.8 Å². The van der Waals surface area contributed by atoms with Crippen LogP contribution >= 0.6 is 23.4 Å². The molecule has 2 N–H and O–H groups in total. The highest BCUT2D eigenvalue weighted by molar-refractivity contribution is 7.98. The van der Waals surface area contributed by atoms with Gasteiger partial charge >= 0.3 is 0 Å². The van der Waals surface area contributed by atoms with Gasteiger partial charge in [-0.3, -0.25) is 0 Å². The lowest BCUT2D eigenvalue weighted by molar-refractivity contribution is 0.876. The molecule has 1 aromatic heterocycles. The maximum absolute atomic E-state index is 5.69. The van der Waals surface area contributed by atoms with Gasteiger partial charge in [0.05, 0.1) is 5.69 Å². The zero-order valence-electron chi connectivity index (χ0n) is 6.04. The van der Waals surface area contributed by atoms with E-state index in [1.54, 1.807) is 6.07 Å². The first-order chi connectivity index (χ1) is 5.26. The summed E-state index contributed by atoms with van der Waals surface area (Å²) in [5.74, 6) is 0. The van der Waals surface area contributed by atoms with E-state index in [1.807, 2.05) is 6.26 Å². The van der Waals surface area contributed by atoms with Crippen molar-refractivity contribution in [1.29, 1.82) is 0 Å². The summed E-state index contributed by atoms with van der Waals surface area (Å²) in [6.45, 7) is 0.399. The van der Waals surface area contributed by atoms with Gasteiger partial charge in [-0.05, 0) is 12.3 Å². The molecule has 1 rings (SSSR count). The van der Waals surface area contributed by atoms with Crippen LogP contribution in [0.1, 0.15) is 5.69 Å². The molecule has 0 fully saturated rings. The molecular weight excluding hydrogens is 182 g/mol. The lowest BCUT2D eigenvalue weighted by Gasteiger charge is -1.98. The summed E-state index contributed by atoms with van der Waals surface area (Å²) in [6, 6.07) is 1.67. The van der Waals surface area contributed by atoms with Crippen LogP contribution in [0.3, 0.4) is 0 Å². The Morgan fingerprint density at radius 1 is 1.64 bits per heavy atom. The predicted molar refractivity (Wildman–Crippen MR) is 46.7 cm³/mol. The van der Waals surface area contributed by atoms with E-state index in [0.717, 1.165) is 5.69 Å². The summed E-state index contributed by atoms with van der Waals surface area (Å²) in [5, 5.41) is 1.11. The Balaban J connectivity index is 3.02. The predicted octanol–water partition coefficient (Wildman–Crippen LogP) is 1.31. The molecule has 3 nitrogen and oxygen atoms in total. The normalized spacial score (nSPS) is 10.1. The van der Waals surface area contributed by atoms with Crippen LogP contribution in [0.4, 0.5) is 0 Å². The van der Waals surface area contributed by atoms with Gasteiger partial charge in [-0.1, -0.05) is 23.4 Å². The Morgan fingerprint density at radius 3 is 2.91 bits per heavy atom. The molecule has 11 heavy (non-hydrogen) atoms. The molecule has 0 aliphatic carbocycles. The Kier molecular flexibility index (Phi) is 3.11. The summed E-state index contributed by atoms with van der Waals surface area (Å²) in [6.07, 6.45) is 1.89. The molecule has 0 spiro atoms. The number of halogens is 1. The third-order valence-corrected chi connectivity index (χ3v) is 1.86. The third-order valence-electron chi connectivity index (χ3n) is 1.12. The second kappa shape index (κ2) is 3.90. The van der Waals surface area contributed by atoms with Gasteiger partial charge in [0.25, 0.3) is 0 Å². The van der Waals surface area contributed by atoms with Crippen LogP contribution in [0.5, 0.6) is 0 Å². The summed E-state index contributed by atoms with van der Waals surface area (Å²) in [4.78, 5) is 8.07.